The van der Waals surface area contributed by atoms with Gasteiger partial charge in [-0.2, -0.15) is 0 Å². The highest BCUT2D eigenvalue weighted by molar-refractivity contribution is 7.99. The van der Waals surface area contributed by atoms with Gasteiger partial charge in [0.15, 0.2) is 5.16 Å². The molecule has 0 aliphatic carbocycles. The quantitative estimate of drug-likeness (QED) is 0.159. The van der Waals surface area contributed by atoms with Gasteiger partial charge in [-0.05, 0) is 73.0 Å². The van der Waals surface area contributed by atoms with Crippen molar-refractivity contribution in [3.05, 3.63) is 111 Å². The van der Waals surface area contributed by atoms with Crippen LogP contribution in [0.4, 0.5) is 10.1 Å². The molecule has 10 heteroatoms. The summed E-state index contributed by atoms with van der Waals surface area (Å²) in [6, 6.07) is 23.3. The van der Waals surface area contributed by atoms with Crippen molar-refractivity contribution in [1.29, 1.82) is 0 Å². The first-order valence-electron chi connectivity index (χ1n) is 13.7. The van der Waals surface area contributed by atoms with Crippen molar-refractivity contribution in [1.82, 2.24) is 14.5 Å². The number of nitrogens with one attached hydrogen (secondary N) is 1. The summed E-state index contributed by atoms with van der Waals surface area (Å²) < 4.78 is 20.5. The van der Waals surface area contributed by atoms with Gasteiger partial charge in [0.05, 0.1) is 23.4 Å². The van der Waals surface area contributed by atoms with Crippen LogP contribution in [0.25, 0.3) is 15.9 Å². The molecule has 42 heavy (non-hydrogen) atoms. The normalized spacial score (nSPS) is 13.2. The van der Waals surface area contributed by atoms with E-state index in [1.807, 2.05) is 37.3 Å². The summed E-state index contributed by atoms with van der Waals surface area (Å²) in [6.45, 7) is 4.93. The van der Waals surface area contributed by atoms with E-state index in [0.29, 0.717) is 39.1 Å². The fourth-order valence-electron chi connectivity index (χ4n) is 5.10. The second-order valence-electron chi connectivity index (χ2n) is 9.94. The standard InChI is InChI=1S/C32H29FN4O3S2/c1-2-40-25-14-12-24(13-15-25)37-31(39)29-26-16-17-36(18-21-6-4-3-5-7-21)19-27(26)42-30(29)35-32(37)41-20-28(38)34-23-10-8-22(33)9-11-23/h3-15H,2,16-20H2,1H3,(H,34,38). The molecule has 5 aromatic rings. The highest BCUT2D eigenvalue weighted by atomic mass is 32.2. The molecule has 6 rings (SSSR count). The number of ether oxygens (including phenoxy) is 1. The minimum absolute atomic E-state index is 0.0301. The molecule has 3 heterocycles. The van der Waals surface area contributed by atoms with E-state index in [9.17, 15) is 14.0 Å². The van der Waals surface area contributed by atoms with Gasteiger partial charge < -0.3 is 10.1 Å². The summed E-state index contributed by atoms with van der Waals surface area (Å²) in [4.78, 5) is 36.1. The molecule has 0 spiro atoms. The predicted molar refractivity (Wildman–Crippen MR) is 166 cm³/mol. The molecule has 1 aliphatic heterocycles. The number of rotatable bonds is 9. The van der Waals surface area contributed by atoms with E-state index >= 15 is 0 Å². The second kappa shape index (κ2) is 12.5. The van der Waals surface area contributed by atoms with Crippen molar-refractivity contribution < 1.29 is 13.9 Å². The zero-order valence-electron chi connectivity index (χ0n) is 23.0. The lowest BCUT2D eigenvalue weighted by atomic mass is 10.0. The Labute approximate surface area is 251 Å². The van der Waals surface area contributed by atoms with Crippen LogP contribution in [0.1, 0.15) is 22.9 Å². The van der Waals surface area contributed by atoms with Gasteiger partial charge >= 0.3 is 0 Å². The van der Waals surface area contributed by atoms with Crippen LogP contribution < -0.4 is 15.6 Å². The van der Waals surface area contributed by atoms with Crippen LogP contribution in [0.5, 0.6) is 5.75 Å². The average Bonchev–Trinajstić information content (AvgIpc) is 3.36. The summed E-state index contributed by atoms with van der Waals surface area (Å²) in [6.07, 6.45) is 0.773. The van der Waals surface area contributed by atoms with Gasteiger partial charge in [0.1, 0.15) is 16.4 Å². The summed E-state index contributed by atoms with van der Waals surface area (Å²) in [5, 5.41) is 3.87. The number of thiophene rings is 1. The maximum absolute atomic E-state index is 14.2. The monoisotopic (exact) mass is 600 g/mol. The first-order valence-corrected chi connectivity index (χ1v) is 15.5. The van der Waals surface area contributed by atoms with E-state index < -0.39 is 0 Å². The molecule has 214 valence electrons. The van der Waals surface area contributed by atoms with E-state index in [2.05, 4.69) is 34.5 Å². The maximum atomic E-state index is 14.2. The molecule has 1 amide bonds. The largest absolute Gasteiger partial charge is 0.494 e. The van der Waals surface area contributed by atoms with Crippen LogP contribution in [0, 0.1) is 5.82 Å². The fourth-order valence-corrected chi connectivity index (χ4v) is 7.21. The average molecular weight is 601 g/mol. The van der Waals surface area contributed by atoms with Crippen molar-refractivity contribution in [2.45, 2.75) is 31.6 Å². The van der Waals surface area contributed by atoms with Gasteiger partial charge in [-0.1, -0.05) is 42.1 Å². The molecule has 0 saturated carbocycles. The summed E-state index contributed by atoms with van der Waals surface area (Å²) in [5.41, 5.74) is 3.35. The molecule has 1 N–H and O–H groups in total. The number of fused-ring (bicyclic) bond motifs is 3. The Hall–Kier alpha value is -3.99. The zero-order chi connectivity index (χ0) is 29.1. The number of hydrogen-bond donors (Lipinski definition) is 1. The molecule has 7 nitrogen and oxygen atoms in total. The molecule has 0 unspecified atom stereocenters. The van der Waals surface area contributed by atoms with Gasteiger partial charge in [0.2, 0.25) is 5.91 Å². The minimum Gasteiger partial charge on any atom is -0.494 e. The van der Waals surface area contributed by atoms with Gasteiger partial charge in [-0.25, -0.2) is 9.37 Å². The van der Waals surface area contributed by atoms with E-state index in [0.717, 1.165) is 36.5 Å². The Morgan fingerprint density at radius 3 is 2.57 bits per heavy atom. The lowest BCUT2D eigenvalue weighted by Crippen LogP contribution is -2.30. The van der Waals surface area contributed by atoms with E-state index in [-0.39, 0.29) is 23.0 Å². The van der Waals surface area contributed by atoms with Crippen LogP contribution in [0.2, 0.25) is 0 Å². The molecule has 0 fully saturated rings. The van der Waals surface area contributed by atoms with Gasteiger partial charge in [-0.3, -0.25) is 19.1 Å². The van der Waals surface area contributed by atoms with Crippen LogP contribution >= 0.6 is 23.1 Å². The highest BCUT2D eigenvalue weighted by Gasteiger charge is 2.26. The van der Waals surface area contributed by atoms with Gasteiger partial charge in [-0.15, -0.1) is 11.3 Å². The smallest absolute Gasteiger partial charge is 0.267 e. The van der Waals surface area contributed by atoms with Crippen molar-refractivity contribution >= 4 is 44.9 Å². The van der Waals surface area contributed by atoms with Gasteiger partial charge in [0, 0.05) is 30.2 Å². The lowest BCUT2D eigenvalue weighted by molar-refractivity contribution is -0.113. The second-order valence-corrected chi connectivity index (χ2v) is 12.0. The van der Waals surface area contributed by atoms with Crippen molar-refractivity contribution in [2.24, 2.45) is 0 Å². The van der Waals surface area contributed by atoms with Crippen molar-refractivity contribution in [3.63, 3.8) is 0 Å². The topological polar surface area (TPSA) is 76.5 Å². The molecule has 2 aromatic heterocycles. The Balaban J connectivity index is 1.33. The highest BCUT2D eigenvalue weighted by Crippen LogP contribution is 2.35. The third kappa shape index (κ3) is 6.11. The Bertz CT molecular complexity index is 1770. The lowest BCUT2D eigenvalue weighted by Gasteiger charge is -2.26. The van der Waals surface area contributed by atoms with Crippen LogP contribution in [0.15, 0.2) is 88.8 Å². The number of nitrogens with zero attached hydrogens (tertiary/aromatic N) is 3. The minimum atomic E-state index is -0.374. The number of halogens is 1. The van der Waals surface area contributed by atoms with Crippen LogP contribution in [-0.2, 0) is 24.3 Å². The fraction of sp³-hybridized carbons (Fsp3) is 0.219. The maximum Gasteiger partial charge on any atom is 0.267 e. The molecule has 0 atom stereocenters. The number of hydrogen-bond acceptors (Lipinski definition) is 7. The van der Waals surface area contributed by atoms with E-state index in [4.69, 9.17) is 9.72 Å². The number of amides is 1. The van der Waals surface area contributed by atoms with E-state index in [1.54, 1.807) is 15.9 Å². The summed E-state index contributed by atoms with van der Waals surface area (Å²) >= 11 is 2.75. The molecular formula is C32H29FN4O3S2. The third-order valence-electron chi connectivity index (χ3n) is 7.04. The number of carbonyl (C=O) groups excluding carboxylic acids is 1. The third-order valence-corrected chi connectivity index (χ3v) is 9.09. The van der Waals surface area contributed by atoms with Crippen molar-refractivity contribution in [2.75, 3.05) is 24.2 Å². The number of carbonyl (C=O) groups is 1. The molecule has 3 aromatic carbocycles. The number of benzene rings is 3. The summed E-state index contributed by atoms with van der Waals surface area (Å²) in [5.74, 6) is 0.0902. The Morgan fingerprint density at radius 2 is 1.83 bits per heavy atom. The SMILES string of the molecule is CCOc1ccc(-n2c(SCC(=O)Nc3ccc(F)cc3)nc3sc4c(c3c2=O)CCN(Cc2ccccc2)C4)cc1. The zero-order valence-corrected chi connectivity index (χ0v) is 24.6. The van der Waals surface area contributed by atoms with Crippen LogP contribution in [-0.4, -0.2) is 39.3 Å². The number of thioether (sulfide) groups is 1. The number of anilines is 1. The molecule has 0 bridgehead atoms. The Kier molecular flexibility index (Phi) is 8.36. The summed E-state index contributed by atoms with van der Waals surface area (Å²) in [7, 11) is 0. The Morgan fingerprint density at radius 1 is 1.07 bits per heavy atom. The predicted octanol–water partition coefficient (Wildman–Crippen LogP) is 6.27. The number of aromatic nitrogens is 2. The van der Waals surface area contributed by atoms with E-state index in [1.165, 1.54) is 41.6 Å². The molecule has 0 radical (unpaired) electrons. The van der Waals surface area contributed by atoms with Crippen molar-refractivity contribution in [3.8, 4) is 11.4 Å². The van der Waals surface area contributed by atoms with Crippen LogP contribution in [0.3, 0.4) is 0 Å². The molecular weight excluding hydrogens is 572 g/mol. The molecule has 0 saturated heterocycles. The molecule has 1 aliphatic rings. The first kappa shape index (κ1) is 28.1. The van der Waals surface area contributed by atoms with Gasteiger partial charge in [0.25, 0.3) is 5.56 Å². The first-order chi connectivity index (χ1) is 20.5.